The lowest BCUT2D eigenvalue weighted by atomic mass is 9.62. The summed E-state index contributed by atoms with van der Waals surface area (Å²) in [6, 6.07) is 19.1. The summed E-state index contributed by atoms with van der Waals surface area (Å²) >= 11 is 0. The van der Waals surface area contributed by atoms with Gasteiger partial charge in [-0.05, 0) is 85.7 Å². The Bertz CT molecular complexity index is 1610. The van der Waals surface area contributed by atoms with Gasteiger partial charge >= 0.3 is 0 Å². The van der Waals surface area contributed by atoms with Crippen molar-refractivity contribution in [2.24, 2.45) is 23.7 Å². The van der Waals surface area contributed by atoms with Gasteiger partial charge in [-0.15, -0.1) is 0 Å². The molecule has 45 heavy (non-hydrogen) atoms. The van der Waals surface area contributed by atoms with Crippen LogP contribution in [0.4, 0.5) is 11.4 Å². The van der Waals surface area contributed by atoms with Crippen LogP contribution in [-0.4, -0.2) is 64.2 Å². The first kappa shape index (κ1) is 31.0. The molecule has 3 aliphatic rings. The van der Waals surface area contributed by atoms with Gasteiger partial charge in [0, 0.05) is 11.4 Å². The number of benzene rings is 3. The molecule has 9 nitrogen and oxygen atoms in total. The average molecular weight is 614 g/mol. The normalized spacial score (nSPS) is 29.2. The molecule has 0 radical (unpaired) electrons. The fourth-order valence-electron chi connectivity index (χ4n) is 8.09. The van der Waals surface area contributed by atoms with Gasteiger partial charge in [-0.25, -0.2) is 0 Å². The van der Waals surface area contributed by atoms with Gasteiger partial charge in [0.1, 0.15) is 17.4 Å². The zero-order chi connectivity index (χ0) is 32.1. The van der Waals surface area contributed by atoms with Crippen LogP contribution >= 0.6 is 0 Å². The molecule has 6 rings (SSSR count). The molecule has 2 bridgehead atoms. The van der Waals surface area contributed by atoms with Gasteiger partial charge in [-0.3, -0.25) is 14.4 Å². The van der Waals surface area contributed by atoms with Crippen LogP contribution in [0.25, 0.3) is 10.8 Å². The van der Waals surface area contributed by atoms with E-state index in [0.29, 0.717) is 36.6 Å². The first-order valence-electron chi connectivity index (χ1n) is 16.0. The number of rotatable bonds is 10. The fraction of sp³-hybridized carbons (Fsp3) is 0.472. The van der Waals surface area contributed by atoms with Crippen LogP contribution in [0.2, 0.25) is 0 Å². The van der Waals surface area contributed by atoms with E-state index in [1.807, 2.05) is 77.1 Å². The molecule has 3 aliphatic heterocycles. The number of aliphatic hydroxyl groups is 1. The monoisotopic (exact) mass is 613 g/mol. The summed E-state index contributed by atoms with van der Waals surface area (Å²) in [6.07, 6.45) is 0.944. The summed E-state index contributed by atoms with van der Waals surface area (Å²) in [7, 11) is 0. The van der Waals surface area contributed by atoms with Crippen molar-refractivity contribution in [3.05, 3.63) is 66.7 Å². The van der Waals surface area contributed by atoms with E-state index < -0.39 is 35.1 Å². The van der Waals surface area contributed by atoms with Crippen LogP contribution in [-0.2, 0) is 19.1 Å². The summed E-state index contributed by atoms with van der Waals surface area (Å²) in [6.45, 7) is 10.1. The Morgan fingerprint density at radius 3 is 2.36 bits per heavy atom. The smallest absolute Gasteiger partial charge is 0.250 e. The second-order valence-corrected chi connectivity index (χ2v) is 13.4. The van der Waals surface area contributed by atoms with E-state index in [4.69, 9.17) is 9.47 Å². The molecule has 7 atom stereocenters. The van der Waals surface area contributed by atoms with Crippen molar-refractivity contribution in [1.29, 1.82) is 0 Å². The second kappa shape index (κ2) is 11.8. The average Bonchev–Trinajstić information content (AvgIpc) is 3.53. The second-order valence-electron chi connectivity index (χ2n) is 13.4. The van der Waals surface area contributed by atoms with E-state index in [1.165, 1.54) is 4.90 Å². The summed E-state index contributed by atoms with van der Waals surface area (Å²) < 4.78 is 12.4. The molecule has 3 heterocycles. The maximum Gasteiger partial charge on any atom is 0.250 e. The predicted octanol–water partition coefficient (Wildman–Crippen LogP) is 5.23. The van der Waals surface area contributed by atoms with E-state index in [9.17, 15) is 19.5 Å². The van der Waals surface area contributed by atoms with Crippen molar-refractivity contribution in [3.8, 4) is 5.75 Å². The predicted molar refractivity (Wildman–Crippen MR) is 173 cm³/mol. The fourth-order valence-corrected chi connectivity index (χ4v) is 8.09. The molecule has 3 amide bonds. The number of fused-ring (bicyclic) bond motifs is 2. The first-order valence-corrected chi connectivity index (χ1v) is 16.0. The number of carbonyl (C=O) groups is 3. The molecule has 1 spiro atoms. The van der Waals surface area contributed by atoms with Crippen molar-refractivity contribution < 1.29 is 29.0 Å². The maximum absolute atomic E-state index is 14.6. The van der Waals surface area contributed by atoms with Crippen LogP contribution in [0.15, 0.2) is 66.7 Å². The van der Waals surface area contributed by atoms with E-state index >= 15 is 0 Å². The van der Waals surface area contributed by atoms with Crippen LogP contribution in [0, 0.1) is 23.7 Å². The Hall–Kier alpha value is -3.95. The summed E-state index contributed by atoms with van der Waals surface area (Å²) in [5, 5.41) is 18.7. The molecule has 0 aliphatic carbocycles. The third kappa shape index (κ3) is 5.16. The van der Waals surface area contributed by atoms with Gasteiger partial charge in [0.05, 0.1) is 36.7 Å². The molecule has 3 unspecified atom stereocenters. The Morgan fingerprint density at radius 2 is 1.69 bits per heavy atom. The minimum Gasteiger partial charge on any atom is -0.494 e. The number of nitrogens with one attached hydrogen (secondary N) is 2. The molecule has 238 valence electrons. The number of hydrogen-bond donors (Lipinski definition) is 3. The Morgan fingerprint density at radius 1 is 1.02 bits per heavy atom. The van der Waals surface area contributed by atoms with Crippen molar-refractivity contribution in [3.63, 3.8) is 0 Å². The SMILES string of the molecule is CCOc1ccc(NC(=O)[C@H]2[C@H]3C(=O)N([C@@H](CO)CC(C)C)C(C(=O)Nc4ccc5ccccc5c4)C34CC(C)[C@]2(C)O4)cc1. The van der Waals surface area contributed by atoms with Gasteiger partial charge in [0.25, 0.3) is 0 Å². The molecule has 0 aromatic heterocycles. The van der Waals surface area contributed by atoms with E-state index in [1.54, 1.807) is 24.3 Å². The Balaban J connectivity index is 1.37. The van der Waals surface area contributed by atoms with Gasteiger partial charge in [-0.1, -0.05) is 51.1 Å². The third-order valence-corrected chi connectivity index (χ3v) is 10.1. The molecule has 0 saturated carbocycles. The largest absolute Gasteiger partial charge is 0.494 e. The lowest BCUT2D eigenvalue weighted by molar-refractivity contribution is -0.148. The standard InChI is InChI=1S/C36H43N3O6/c1-6-44-28-15-13-25(14-16-28)37-32(41)29-30-34(43)39(27(20-40)17-21(2)3)31(36(30)19-22(4)35(29,5)45-36)33(42)38-26-12-11-23-9-7-8-10-24(23)18-26/h7-16,18,21-22,27,29-31,40H,6,17,19-20H2,1-5H3,(H,37,41)(H,38,42)/t22?,27-,29-,30+,31?,35+,36?/m1/s1. The molecule has 3 aromatic carbocycles. The number of ether oxygens (including phenoxy) is 2. The topological polar surface area (TPSA) is 117 Å². The highest BCUT2D eigenvalue weighted by Crippen LogP contribution is 2.65. The van der Waals surface area contributed by atoms with Crippen molar-refractivity contribution in [1.82, 2.24) is 4.90 Å². The van der Waals surface area contributed by atoms with Crippen LogP contribution in [0.5, 0.6) is 5.75 Å². The molecular formula is C36H43N3O6. The Labute approximate surface area is 264 Å². The quantitative estimate of drug-likeness (QED) is 0.288. The first-order chi connectivity index (χ1) is 21.5. The number of nitrogens with zero attached hydrogens (tertiary/aromatic N) is 1. The zero-order valence-electron chi connectivity index (χ0n) is 26.6. The lowest BCUT2D eigenvalue weighted by Gasteiger charge is -2.37. The number of carbonyl (C=O) groups excluding carboxylic acids is 3. The summed E-state index contributed by atoms with van der Waals surface area (Å²) in [5.41, 5.74) is -1.00. The number of anilines is 2. The molecule has 3 aromatic rings. The van der Waals surface area contributed by atoms with Gasteiger partial charge in [0.2, 0.25) is 17.7 Å². The van der Waals surface area contributed by atoms with Crippen molar-refractivity contribution >= 4 is 39.9 Å². The number of hydrogen-bond acceptors (Lipinski definition) is 6. The highest BCUT2D eigenvalue weighted by molar-refractivity contribution is 6.06. The molecule has 3 saturated heterocycles. The maximum atomic E-state index is 14.6. The molecule has 3 fully saturated rings. The van der Waals surface area contributed by atoms with Gasteiger partial charge in [-0.2, -0.15) is 0 Å². The van der Waals surface area contributed by atoms with E-state index in [2.05, 4.69) is 10.6 Å². The highest BCUT2D eigenvalue weighted by Gasteiger charge is 2.80. The van der Waals surface area contributed by atoms with Gasteiger partial charge < -0.3 is 30.1 Å². The molecule has 3 N–H and O–H groups in total. The van der Waals surface area contributed by atoms with Crippen LogP contribution < -0.4 is 15.4 Å². The number of aliphatic hydroxyl groups excluding tert-OH is 1. The van der Waals surface area contributed by atoms with Crippen molar-refractivity contribution in [2.45, 2.75) is 70.7 Å². The van der Waals surface area contributed by atoms with E-state index in [-0.39, 0.29) is 36.2 Å². The number of amides is 3. The molecular weight excluding hydrogens is 570 g/mol. The zero-order valence-corrected chi connectivity index (χ0v) is 26.6. The molecule has 9 heteroatoms. The minimum atomic E-state index is -1.22. The summed E-state index contributed by atoms with van der Waals surface area (Å²) in [4.78, 5) is 44.7. The Kier molecular flexibility index (Phi) is 8.12. The van der Waals surface area contributed by atoms with Gasteiger partial charge in [0.15, 0.2) is 0 Å². The lowest BCUT2D eigenvalue weighted by Crippen LogP contribution is -2.56. The van der Waals surface area contributed by atoms with E-state index in [0.717, 1.165) is 10.8 Å². The summed E-state index contributed by atoms with van der Waals surface area (Å²) in [5.74, 6) is -2.00. The number of likely N-dealkylation sites (tertiary alicyclic amines) is 1. The van der Waals surface area contributed by atoms with Crippen LogP contribution in [0.1, 0.15) is 47.5 Å². The third-order valence-electron chi connectivity index (χ3n) is 10.1. The van der Waals surface area contributed by atoms with Crippen LogP contribution in [0.3, 0.4) is 0 Å². The minimum absolute atomic E-state index is 0.105. The highest BCUT2D eigenvalue weighted by atomic mass is 16.5. The van der Waals surface area contributed by atoms with Crippen molar-refractivity contribution in [2.75, 3.05) is 23.8 Å².